The van der Waals surface area contributed by atoms with E-state index < -0.39 is 0 Å². The van der Waals surface area contributed by atoms with E-state index in [1.807, 2.05) is 40.9 Å². The van der Waals surface area contributed by atoms with Crippen molar-refractivity contribution < 1.29 is 4.79 Å². The number of benzene rings is 1. The number of hydrogen-bond acceptors (Lipinski definition) is 3. The van der Waals surface area contributed by atoms with E-state index in [9.17, 15) is 4.79 Å². The van der Waals surface area contributed by atoms with Crippen LogP contribution in [0, 0.1) is 0 Å². The number of carbonyl (C=O) groups is 1. The SMILES string of the molecule is Nc1ccccc1CC(=O)N1CCSCC1. The van der Waals surface area contributed by atoms with Gasteiger partial charge in [-0.3, -0.25) is 4.79 Å². The molecule has 2 N–H and O–H groups in total. The van der Waals surface area contributed by atoms with Crippen molar-refractivity contribution in [1.29, 1.82) is 0 Å². The van der Waals surface area contributed by atoms with Crippen LogP contribution in [0.3, 0.4) is 0 Å². The maximum atomic E-state index is 12.0. The van der Waals surface area contributed by atoms with Gasteiger partial charge < -0.3 is 10.6 Å². The monoisotopic (exact) mass is 236 g/mol. The molecule has 86 valence electrons. The third-order valence-electron chi connectivity index (χ3n) is 2.76. The number of thioether (sulfide) groups is 1. The van der Waals surface area contributed by atoms with Gasteiger partial charge in [0.25, 0.3) is 0 Å². The normalized spacial score (nSPS) is 16.1. The minimum Gasteiger partial charge on any atom is -0.398 e. The van der Waals surface area contributed by atoms with Crippen molar-refractivity contribution in [3.63, 3.8) is 0 Å². The predicted molar refractivity (Wildman–Crippen MR) is 68.5 cm³/mol. The molecule has 1 heterocycles. The van der Waals surface area contributed by atoms with Crippen LogP contribution in [0.5, 0.6) is 0 Å². The topological polar surface area (TPSA) is 46.3 Å². The zero-order chi connectivity index (χ0) is 11.4. The largest absolute Gasteiger partial charge is 0.398 e. The van der Waals surface area contributed by atoms with Gasteiger partial charge in [-0.2, -0.15) is 11.8 Å². The van der Waals surface area contributed by atoms with Crippen molar-refractivity contribution >= 4 is 23.4 Å². The molecule has 16 heavy (non-hydrogen) atoms. The minimum atomic E-state index is 0.193. The van der Waals surface area contributed by atoms with Gasteiger partial charge in [0.15, 0.2) is 0 Å². The second-order valence-corrected chi connectivity index (χ2v) is 5.09. The molecule has 1 aromatic carbocycles. The molecule has 0 saturated carbocycles. The quantitative estimate of drug-likeness (QED) is 0.789. The number of hydrogen-bond donors (Lipinski definition) is 1. The molecule has 1 aliphatic heterocycles. The molecule has 0 unspecified atom stereocenters. The average molecular weight is 236 g/mol. The van der Waals surface area contributed by atoms with E-state index in [1.165, 1.54) is 0 Å². The zero-order valence-electron chi connectivity index (χ0n) is 9.19. The summed E-state index contributed by atoms with van der Waals surface area (Å²) < 4.78 is 0. The van der Waals surface area contributed by atoms with Crippen LogP contribution >= 0.6 is 11.8 Å². The van der Waals surface area contributed by atoms with Crippen LogP contribution in [0.25, 0.3) is 0 Å². The Labute approximate surface area is 100.0 Å². The second kappa shape index (κ2) is 5.25. The summed E-state index contributed by atoms with van der Waals surface area (Å²) in [6, 6.07) is 7.58. The van der Waals surface area contributed by atoms with E-state index in [2.05, 4.69) is 0 Å². The molecule has 1 saturated heterocycles. The van der Waals surface area contributed by atoms with Crippen molar-refractivity contribution in [2.45, 2.75) is 6.42 Å². The summed E-state index contributed by atoms with van der Waals surface area (Å²) in [4.78, 5) is 13.9. The van der Waals surface area contributed by atoms with Gasteiger partial charge in [-0.25, -0.2) is 0 Å². The third kappa shape index (κ3) is 2.70. The summed E-state index contributed by atoms with van der Waals surface area (Å²) in [5.74, 6) is 2.30. The molecule has 1 aromatic rings. The predicted octanol–water partition coefficient (Wildman–Crippen LogP) is 1.39. The van der Waals surface area contributed by atoms with E-state index in [0.717, 1.165) is 30.2 Å². The summed E-state index contributed by atoms with van der Waals surface area (Å²) >= 11 is 1.91. The van der Waals surface area contributed by atoms with E-state index in [0.29, 0.717) is 12.1 Å². The van der Waals surface area contributed by atoms with Crippen molar-refractivity contribution in [1.82, 2.24) is 4.90 Å². The lowest BCUT2D eigenvalue weighted by atomic mass is 10.1. The highest BCUT2D eigenvalue weighted by molar-refractivity contribution is 7.99. The number of nitrogens with zero attached hydrogens (tertiary/aromatic N) is 1. The lowest BCUT2D eigenvalue weighted by Gasteiger charge is -2.26. The maximum Gasteiger partial charge on any atom is 0.227 e. The van der Waals surface area contributed by atoms with E-state index >= 15 is 0 Å². The van der Waals surface area contributed by atoms with E-state index in [1.54, 1.807) is 0 Å². The maximum absolute atomic E-state index is 12.0. The fourth-order valence-corrected chi connectivity index (χ4v) is 2.69. The van der Waals surface area contributed by atoms with Crippen molar-refractivity contribution in [2.24, 2.45) is 0 Å². The Morgan fingerprint density at radius 1 is 1.31 bits per heavy atom. The second-order valence-electron chi connectivity index (χ2n) is 3.87. The summed E-state index contributed by atoms with van der Waals surface area (Å²) in [6.07, 6.45) is 0.428. The molecule has 4 heteroatoms. The Kier molecular flexibility index (Phi) is 3.72. The molecule has 0 spiro atoms. The molecular formula is C12H16N2OS. The Balaban J connectivity index is 1.99. The van der Waals surface area contributed by atoms with Crippen LogP contribution in [0.15, 0.2) is 24.3 Å². The number of rotatable bonds is 2. The van der Waals surface area contributed by atoms with Crippen molar-refractivity contribution in [2.75, 3.05) is 30.3 Å². The molecule has 1 amide bonds. The van der Waals surface area contributed by atoms with Gasteiger partial charge in [0.1, 0.15) is 0 Å². The average Bonchev–Trinajstić information content (AvgIpc) is 2.33. The van der Waals surface area contributed by atoms with Crippen LogP contribution in [-0.2, 0) is 11.2 Å². The van der Waals surface area contributed by atoms with Crippen LogP contribution in [-0.4, -0.2) is 35.4 Å². The zero-order valence-corrected chi connectivity index (χ0v) is 10.0. The fraction of sp³-hybridized carbons (Fsp3) is 0.417. The number of para-hydroxylation sites is 1. The van der Waals surface area contributed by atoms with Crippen molar-refractivity contribution in [3.05, 3.63) is 29.8 Å². The summed E-state index contributed by atoms with van der Waals surface area (Å²) in [6.45, 7) is 1.74. The summed E-state index contributed by atoms with van der Waals surface area (Å²) in [5.41, 5.74) is 7.47. The Bertz CT molecular complexity index is 375. The van der Waals surface area contributed by atoms with Gasteiger partial charge in [-0.15, -0.1) is 0 Å². The molecule has 1 aliphatic rings. The summed E-state index contributed by atoms with van der Waals surface area (Å²) in [5, 5.41) is 0. The first-order valence-corrected chi connectivity index (χ1v) is 6.62. The molecular weight excluding hydrogens is 220 g/mol. The fourth-order valence-electron chi connectivity index (χ4n) is 1.78. The molecule has 1 fully saturated rings. The summed E-state index contributed by atoms with van der Waals surface area (Å²) in [7, 11) is 0. The van der Waals surface area contributed by atoms with Crippen LogP contribution in [0.2, 0.25) is 0 Å². The van der Waals surface area contributed by atoms with Gasteiger partial charge in [0.05, 0.1) is 6.42 Å². The molecule has 0 aromatic heterocycles. The number of amides is 1. The smallest absolute Gasteiger partial charge is 0.227 e. The molecule has 3 nitrogen and oxygen atoms in total. The number of nitrogens with two attached hydrogens (primary N) is 1. The Morgan fingerprint density at radius 3 is 2.69 bits per heavy atom. The molecule has 0 bridgehead atoms. The van der Waals surface area contributed by atoms with Gasteiger partial charge in [0, 0.05) is 30.3 Å². The first kappa shape index (κ1) is 11.3. The van der Waals surface area contributed by atoms with Gasteiger partial charge in [-0.05, 0) is 11.6 Å². The minimum absolute atomic E-state index is 0.193. The molecule has 2 rings (SSSR count). The van der Waals surface area contributed by atoms with Crippen molar-refractivity contribution in [3.8, 4) is 0 Å². The Morgan fingerprint density at radius 2 is 2.00 bits per heavy atom. The molecule has 0 aliphatic carbocycles. The van der Waals surface area contributed by atoms with Gasteiger partial charge in [0.2, 0.25) is 5.91 Å². The highest BCUT2D eigenvalue weighted by atomic mass is 32.2. The van der Waals surface area contributed by atoms with E-state index in [4.69, 9.17) is 5.73 Å². The molecule has 0 radical (unpaired) electrons. The molecule has 0 atom stereocenters. The lowest BCUT2D eigenvalue weighted by Crippen LogP contribution is -2.38. The van der Waals surface area contributed by atoms with Gasteiger partial charge in [-0.1, -0.05) is 18.2 Å². The van der Waals surface area contributed by atoms with Crippen LogP contribution in [0.1, 0.15) is 5.56 Å². The number of nitrogen functional groups attached to an aromatic ring is 1. The van der Waals surface area contributed by atoms with Gasteiger partial charge >= 0.3 is 0 Å². The number of carbonyl (C=O) groups excluding carboxylic acids is 1. The van der Waals surface area contributed by atoms with Crippen LogP contribution < -0.4 is 5.73 Å². The Hall–Kier alpha value is -1.16. The number of anilines is 1. The highest BCUT2D eigenvalue weighted by Gasteiger charge is 2.17. The van der Waals surface area contributed by atoms with E-state index in [-0.39, 0.29) is 5.91 Å². The standard InChI is InChI=1S/C12H16N2OS/c13-11-4-2-1-3-10(11)9-12(15)14-5-7-16-8-6-14/h1-4H,5-9,13H2. The first-order chi connectivity index (χ1) is 7.77. The lowest BCUT2D eigenvalue weighted by molar-refractivity contribution is -0.130. The van der Waals surface area contributed by atoms with Crippen LogP contribution in [0.4, 0.5) is 5.69 Å². The first-order valence-electron chi connectivity index (χ1n) is 5.46. The highest BCUT2D eigenvalue weighted by Crippen LogP contribution is 2.15. The third-order valence-corrected chi connectivity index (χ3v) is 3.70.